The van der Waals surface area contributed by atoms with Gasteiger partial charge in [-0.1, -0.05) is 5.16 Å². The number of rotatable bonds is 9. The minimum atomic E-state index is -1.31. The Morgan fingerprint density at radius 1 is 1.31 bits per heavy atom. The van der Waals surface area contributed by atoms with Crippen molar-refractivity contribution >= 4 is 58.5 Å². The number of oxime groups is 1. The van der Waals surface area contributed by atoms with Gasteiger partial charge in [-0.25, -0.2) is 14.6 Å². The molecule has 1 unspecified atom stereocenters. The number of thiazole rings is 1. The predicted molar refractivity (Wildman–Crippen MR) is 129 cm³/mol. The highest BCUT2D eigenvalue weighted by Crippen LogP contribution is 2.40. The van der Waals surface area contributed by atoms with Crippen LogP contribution < -0.4 is 10.6 Å². The molecule has 1 aromatic heterocycles. The van der Waals surface area contributed by atoms with E-state index in [1.807, 2.05) is 0 Å². The van der Waals surface area contributed by atoms with E-state index >= 15 is 0 Å². The zero-order valence-corrected chi connectivity index (χ0v) is 21.5. The SMILES string of the molecule is CC(=O)NCC1=C(C(=O)O)N2C(=O)C(NC(=O)C(=NOCC(=O)OC(C)(C)C)c3cscn3)[C@H]2SC1. The number of nitrogens with one attached hydrogen (secondary N) is 2. The molecule has 1 saturated heterocycles. The van der Waals surface area contributed by atoms with Crippen LogP contribution in [0.25, 0.3) is 0 Å². The van der Waals surface area contributed by atoms with E-state index in [1.54, 1.807) is 26.2 Å². The monoisotopic (exact) mass is 539 g/mol. The van der Waals surface area contributed by atoms with Gasteiger partial charge in [-0.3, -0.25) is 19.3 Å². The van der Waals surface area contributed by atoms with Crippen LogP contribution in [-0.4, -0.2) is 86.3 Å². The quantitative estimate of drug-likeness (QED) is 0.169. The fourth-order valence-corrected chi connectivity index (χ4v) is 5.20. The van der Waals surface area contributed by atoms with Crippen LogP contribution in [0.1, 0.15) is 33.4 Å². The average molecular weight is 540 g/mol. The molecule has 0 saturated carbocycles. The molecule has 3 heterocycles. The Bertz CT molecular complexity index is 1130. The molecule has 0 bridgehead atoms. The van der Waals surface area contributed by atoms with Gasteiger partial charge < -0.3 is 25.3 Å². The summed E-state index contributed by atoms with van der Waals surface area (Å²) in [5.74, 6) is -3.48. The third kappa shape index (κ3) is 6.40. The number of nitrogens with zero attached hydrogens (tertiary/aromatic N) is 3. The lowest BCUT2D eigenvalue weighted by molar-refractivity contribution is -0.160. The molecule has 0 aliphatic carbocycles. The fourth-order valence-electron chi connectivity index (χ4n) is 3.31. The number of β-lactam (4-membered cyclic amide) rings is 1. The molecule has 2 atom stereocenters. The van der Waals surface area contributed by atoms with Gasteiger partial charge in [0.1, 0.15) is 28.4 Å². The van der Waals surface area contributed by atoms with Crippen molar-refractivity contribution < 1.29 is 38.7 Å². The highest BCUT2D eigenvalue weighted by atomic mass is 32.2. The molecular formula is C21H25N5O8S2. The minimum Gasteiger partial charge on any atom is -0.477 e. The molecule has 0 radical (unpaired) electrons. The number of carbonyl (C=O) groups excluding carboxylic acids is 4. The van der Waals surface area contributed by atoms with Crippen LogP contribution in [0.15, 0.2) is 27.3 Å². The molecule has 3 amide bonds. The van der Waals surface area contributed by atoms with Crippen molar-refractivity contribution in [3.63, 3.8) is 0 Å². The first-order chi connectivity index (χ1) is 16.9. The topological polar surface area (TPSA) is 177 Å². The van der Waals surface area contributed by atoms with Crippen molar-refractivity contribution in [1.29, 1.82) is 0 Å². The number of esters is 1. The van der Waals surface area contributed by atoms with E-state index in [0.717, 1.165) is 4.90 Å². The minimum absolute atomic E-state index is 0.00683. The Morgan fingerprint density at radius 3 is 2.61 bits per heavy atom. The maximum atomic E-state index is 13.0. The third-order valence-corrected chi connectivity index (χ3v) is 6.66. The molecule has 1 fully saturated rings. The number of aliphatic carboxylic acids is 1. The number of carboxylic acid groups (broad SMARTS) is 1. The van der Waals surface area contributed by atoms with Crippen molar-refractivity contribution in [2.75, 3.05) is 18.9 Å². The highest BCUT2D eigenvalue weighted by Gasteiger charge is 2.54. The molecule has 2 aliphatic heterocycles. The number of carboxylic acids is 1. The second-order valence-electron chi connectivity index (χ2n) is 8.70. The fraction of sp³-hybridized carbons (Fsp3) is 0.476. The largest absolute Gasteiger partial charge is 0.477 e. The van der Waals surface area contributed by atoms with Gasteiger partial charge in [0.05, 0.1) is 5.51 Å². The molecule has 15 heteroatoms. The Morgan fingerprint density at radius 2 is 2.03 bits per heavy atom. The first kappa shape index (κ1) is 27.1. The molecule has 36 heavy (non-hydrogen) atoms. The zero-order valence-electron chi connectivity index (χ0n) is 19.9. The summed E-state index contributed by atoms with van der Waals surface area (Å²) >= 11 is 2.46. The number of fused-ring (bicyclic) bond motifs is 1. The van der Waals surface area contributed by atoms with Crippen LogP contribution in [0.2, 0.25) is 0 Å². The summed E-state index contributed by atoms with van der Waals surface area (Å²) in [4.78, 5) is 70.9. The lowest BCUT2D eigenvalue weighted by atomic mass is 10.0. The number of ether oxygens (including phenoxy) is 1. The number of aromatic nitrogens is 1. The average Bonchev–Trinajstić information content (AvgIpc) is 3.31. The van der Waals surface area contributed by atoms with Crippen LogP contribution in [0, 0.1) is 0 Å². The normalized spacial score (nSPS) is 19.7. The standard InChI is InChI=1S/C21H25N5O8S2/c1-10(27)22-5-11-7-36-19-15(18(30)26(19)16(11)20(31)32)24-17(29)14(12-8-35-9-23-12)25-33-6-13(28)34-21(2,3)4/h8-9,15,19H,5-7H2,1-4H3,(H,22,27)(H,24,29)(H,31,32)/t15?,19-/m1/s1. The van der Waals surface area contributed by atoms with Gasteiger partial charge in [0, 0.05) is 24.6 Å². The lowest BCUT2D eigenvalue weighted by Gasteiger charge is -2.49. The highest BCUT2D eigenvalue weighted by molar-refractivity contribution is 8.00. The van der Waals surface area contributed by atoms with Crippen molar-refractivity contribution in [3.05, 3.63) is 27.9 Å². The number of carbonyl (C=O) groups is 5. The first-order valence-corrected chi connectivity index (χ1v) is 12.6. The maximum absolute atomic E-state index is 13.0. The molecule has 1 aromatic rings. The molecule has 3 rings (SSSR count). The van der Waals surface area contributed by atoms with Crippen LogP contribution in [0.5, 0.6) is 0 Å². The zero-order chi connectivity index (χ0) is 26.6. The van der Waals surface area contributed by atoms with Crippen LogP contribution in [0.3, 0.4) is 0 Å². The molecule has 13 nitrogen and oxygen atoms in total. The number of amides is 3. The van der Waals surface area contributed by atoms with E-state index in [-0.39, 0.29) is 35.3 Å². The van der Waals surface area contributed by atoms with Gasteiger partial charge >= 0.3 is 11.9 Å². The summed E-state index contributed by atoms with van der Waals surface area (Å²) in [7, 11) is 0. The maximum Gasteiger partial charge on any atom is 0.352 e. The first-order valence-electron chi connectivity index (χ1n) is 10.6. The van der Waals surface area contributed by atoms with Gasteiger partial charge in [-0.05, 0) is 26.3 Å². The summed E-state index contributed by atoms with van der Waals surface area (Å²) in [5, 5.41) is 19.4. The number of thioether (sulfide) groups is 1. The van der Waals surface area contributed by atoms with E-state index in [2.05, 4.69) is 20.8 Å². The van der Waals surface area contributed by atoms with Gasteiger partial charge in [0.25, 0.3) is 11.8 Å². The van der Waals surface area contributed by atoms with Crippen molar-refractivity contribution in [3.8, 4) is 0 Å². The van der Waals surface area contributed by atoms with Gasteiger partial charge in [0.15, 0.2) is 5.71 Å². The van der Waals surface area contributed by atoms with Crippen molar-refractivity contribution in [1.82, 2.24) is 20.5 Å². The molecule has 3 N–H and O–H groups in total. The summed E-state index contributed by atoms with van der Waals surface area (Å²) in [6, 6.07) is -1.02. The van der Waals surface area contributed by atoms with Gasteiger partial charge in [0.2, 0.25) is 12.5 Å². The van der Waals surface area contributed by atoms with Crippen molar-refractivity contribution in [2.45, 2.75) is 44.7 Å². The molecule has 194 valence electrons. The van der Waals surface area contributed by atoms with E-state index in [9.17, 15) is 29.1 Å². The molecule has 2 aliphatic rings. The summed E-state index contributed by atoms with van der Waals surface area (Å²) in [5.41, 5.74) is 0.838. The van der Waals surface area contributed by atoms with E-state index < -0.39 is 47.4 Å². The summed E-state index contributed by atoms with van der Waals surface area (Å²) in [6.07, 6.45) is 0. The Kier molecular flexibility index (Phi) is 8.35. The second-order valence-corrected chi connectivity index (χ2v) is 10.5. The Balaban J connectivity index is 1.72. The Labute approximate surface area is 214 Å². The Hall–Kier alpha value is -3.46. The van der Waals surface area contributed by atoms with Crippen LogP contribution >= 0.6 is 23.1 Å². The molecule has 0 aromatic carbocycles. The number of hydrogen-bond acceptors (Lipinski definition) is 11. The second kappa shape index (κ2) is 11.1. The van der Waals surface area contributed by atoms with Gasteiger partial charge in [-0.15, -0.1) is 23.1 Å². The predicted octanol–water partition coefficient (Wildman–Crippen LogP) is 0.0802. The van der Waals surface area contributed by atoms with E-state index in [1.165, 1.54) is 35.5 Å². The third-order valence-electron chi connectivity index (χ3n) is 4.74. The van der Waals surface area contributed by atoms with Gasteiger partial charge in [-0.2, -0.15) is 0 Å². The number of hydrogen-bond donors (Lipinski definition) is 3. The van der Waals surface area contributed by atoms with Crippen LogP contribution in [-0.2, 0) is 33.5 Å². The molecule has 0 spiro atoms. The lowest BCUT2D eigenvalue weighted by Crippen LogP contribution is -2.71. The van der Waals surface area contributed by atoms with Crippen molar-refractivity contribution in [2.24, 2.45) is 5.16 Å². The van der Waals surface area contributed by atoms with E-state index in [0.29, 0.717) is 5.57 Å². The summed E-state index contributed by atoms with van der Waals surface area (Å²) < 4.78 is 5.13. The van der Waals surface area contributed by atoms with E-state index in [4.69, 9.17) is 9.57 Å². The smallest absolute Gasteiger partial charge is 0.352 e. The van der Waals surface area contributed by atoms with Crippen LogP contribution in [0.4, 0.5) is 0 Å². The summed E-state index contributed by atoms with van der Waals surface area (Å²) in [6.45, 7) is 5.83. The molecular weight excluding hydrogens is 514 g/mol.